The van der Waals surface area contributed by atoms with E-state index in [4.69, 9.17) is 0 Å². The summed E-state index contributed by atoms with van der Waals surface area (Å²) in [4.78, 5) is 18.5. The molecule has 0 radical (unpaired) electrons. The highest BCUT2D eigenvalue weighted by atomic mass is 32.2. The van der Waals surface area contributed by atoms with E-state index < -0.39 is 0 Å². The highest BCUT2D eigenvalue weighted by Gasteiger charge is 2.20. The zero-order valence-corrected chi connectivity index (χ0v) is 13.4. The second kappa shape index (κ2) is 6.83. The molecule has 0 aliphatic carbocycles. The number of hydrogen-bond acceptors (Lipinski definition) is 3. The van der Waals surface area contributed by atoms with Crippen molar-refractivity contribution in [3.63, 3.8) is 0 Å². The second-order valence-electron chi connectivity index (χ2n) is 5.19. The van der Waals surface area contributed by atoms with Crippen LogP contribution in [-0.2, 0) is 13.0 Å². The molecular weight excluding hydrogens is 294 g/mol. The first kappa shape index (κ1) is 14.9. The van der Waals surface area contributed by atoms with Gasteiger partial charge in [0.1, 0.15) is 0 Å². The number of rotatable bonds is 3. The molecule has 1 aliphatic heterocycles. The van der Waals surface area contributed by atoms with Crippen LogP contribution in [0.25, 0.3) is 0 Å². The first-order valence-corrected chi connectivity index (χ1v) is 8.46. The van der Waals surface area contributed by atoms with E-state index >= 15 is 0 Å². The van der Waals surface area contributed by atoms with Gasteiger partial charge in [-0.3, -0.25) is 0 Å². The summed E-state index contributed by atoms with van der Waals surface area (Å²) in [6, 6.07) is 12.1. The van der Waals surface area contributed by atoms with Crippen molar-refractivity contribution < 1.29 is 4.79 Å². The quantitative estimate of drug-likeness (QED) is 0.877. The number of nitrogens with zero attached hydrogens (tertiary/aromatic N) is 2. The van der Waals surface area contributed by atoms with Crippen LogP contribution in [0.3, 0.4) is 0 Å². The van der Waals surface area contributed by atoms with E-state index in [1.807, 2.05) is 23.1 Å². The number of carbonyl (C=O) groups excluding carboxylic acids is 1. The van der Waals surface area contributed by atoms with E-state index in [1.165, 1.54) is 11.1 Å². The van der Waals surface area contributed by atoms with E-state index in [1.54, 1.807) is 18.0 Å². The predicted molar refractivity (Wildman–Crippen MR) is 90.2 cm³/mol. The predicted octanol–water partition coefficient (Wildman–Crippen LogP) is 3.78. The summed E-state index contributed by atoms with van der Waals surface area (Å²) in [6.45, 7) is 3.51. The van der Waals surface area contributed by atoms with Crippen molar-refractivity contribution in [1.82, 2.24) is 9.88 Å². The van der Waals surface area contributed by atoms with Gasteiger partial charge >= 0.3 is 6.03 Å². The number of thioether (sulfide) groups is 1. The summed E-state index contributed by atoms with van der Waals surface area (Å²) in [6.07, 6.45) is 2.63. The lowest BCUT2D eigenvalue weighted by atomic mass is 10.0. The van der Waals surface area contributed by atoms with Gasteiger partial charge in [0.15, 0.2) is 0 Å². The Bertz CT molecular complexity index is 657. The molecule has 4 nitrogen and oxygen atoms in total. The summed E-state index contributed by atoms with van der Waals surface area (Å²) in [7, 11) is 0. The van der Waals surface area contributed by atoms with Crippen molar-refractivity contribution in [1.29, 1.82) is 0 Å². The highest BCUT2D eigenvalue weighted by Crippen LogP contribution is 2.20. The molecule has 0 saturated carbocycles. The van der Waals surface area contributed by atoms with Gasteiger partial charge in [0.25, 0.3) is 0 Å². The van der Waals surface area contributed by atoms with Gasteiger partial charge in [-0.1, -0.05) is 31.2 Å². The normalized spacial score (nSPS) is 13.6. The molecule has 1 aromatic heterocycles. The monoisotopic (exact) mass is 313 g/mol. The SMILES string of the molecule is CCSc1ccc(NC(=O)N2CCc3ccccc3C2)cn1. The Hall–Kier alpha value is -2.01. The van der Waals surface area contributed by atoms with Crippen LogP contribution in [0.2, 0.25) is 0 Å². The molecule has 0 unspecified atom stereocenters. The third-order valence-electron chi connectivity index (χ3n) is 3.70. The van der Waals surface area contributed by atoms with E-state index in [0.29, 0.717) is 6.54 Å². The maximum absolute atomic E-state index is 12.4. The number of fused-ring (bicyclic) bond motifs is 1. The number of nitrogens with one attached hydrogen (secondary N) is 1. The lowest BCUT2D eigenvalue weighted by Crippen LogP contribution is -2.38. The number of urea groups is 1. The van der Waals surface area contributed by atoms with Gasteiger partial charge in [0, 0.05) is 13.1 Å². The molecule has 0 fully saturated rings. The van der Waals surface area contributed by atoms with E-state index in [0.717, 1.165) is 29.4 Å². The number of anilines is 1. The van der Waals surface area contributed by atoms with Crippen LogP contribution < -0.4 is 5.32 Å². The van der Waals surface area contributed by atoms with Gasteiger partial charge in [-0.2, -0.15) is 0 Å². The molecule has 114 valence electrons. The molecule has 0 saturated heterocycles. The number of carbonyl (C=O) groups is 1. The zero-order chi connectivity index (χ0) is 15.4. The standard InChI is InChI=1S/C17H19N3OS/c1-2-22-16-8-7-15(11-18-16)19-17(21)20-10-9-13-5-3-4-6-14(13)12-20/h3-8,11H,2,9-10,12H2,1H3,(H,19,21). The number of benzene rings is 1. The molecule has 0 atom stereocenters. The van der Waals surface area contributed by atoms with Crippen LogP contribution in [0.5, 0.6) is 0 Å². The average molecular weight is 313 g/mol. The summed E-state index contributed by atoms with van der Waals surface area (Å²) < 4.78 is 0. The third-order valence-corrected chi connectivity index (χ3v) is 4.52. The Labute approximate surface area is 134 Å². The van der Waals surface area contributed by atoms with Crippen molar-refractivity contribution in [2.75, 3.05) is 17.6 Å². The Balaban J connectivity index is 1.63. The molecule has 0 bridgehead atoms. The van der Waals surface area contributed by atoms with Gasteiger partial charge in [0.2, 0.25) is 0 Å². The lowest BCUT2D eigenvalue weighted by Gasteiger charge is -2.28. The zero-order valence-electron chi connectivity index (χ0n) is 12.6. The van der Waals surface area contributed by atoms with Gasteiger partial charge < -0.3 is 10.2 Å². The van der Waals surface area contributed by atoms with E-state index in [9.17, 15) is 4.79 Å². The third kappa shape index (κ3) is 3.42. The fourth-order valence-corrected chi connectivity index (χ4v) is 3.15. The van der Waals surface area contributed by atoms with Gasteiger partial charge in [-0.25, -0.2) is 9.78 Å². The van der Waals surface area contributed by atoms with Crippen molar-refractivity contribution >= 4 is 23.5 Å². The first-order valence-electron chi connectivity index (χ1n) is 7.48. The molecule has 0 spiro atoms. The largest absolute Gasteiger partial charge is 0.322 e. The summed E-state index contributed by atoms with van der Waals surface area (Å²) in [5.74, 6) is 0.992. The summed E-state index contributed by atoms with van der Waals surface area (Å²) >= 11 is 1.69. The molecule has 22 heavy (non-hydrogen) atoms. The maximum Gasteiger partial charge on any atom is 0.322 e. The average Bonchev–Trinajstić information content (AvgIpc) is 2.56. The fraction of sp³-hybridized carbons (Fsp3) is 0.294. The van der Waals surface area contributed by atoms with Crippen LogP contribution in [0, 0.1) is 0 Å². The second-order valence-corrected chi connectivity index (χ2v) is 6.47. The van der Waals surface area contributed by atoms with E-state index in [-0.39, 0.29) is 6.03 Å². The van der Waals surface area contributed by atoms with Crippen molar-refractivity contribution in [2.45, 2.75) is 24.9 Å². The number of aromatic nitrogens is 1. The van der Waals surface area contributed by atoms with Crippen molar-refractivity contribution in [2.24, 2.45) is 0 Å². The van der Waals surface area contributed by atoms with Gasteiger partial charge in [-0.05, 0) is 35.4 Å². The maximum atomic E-state index is 12.4. The molecule has 3 rings (SSSR count). The van der Waals surface area contributed by atoms with Crippen molar-refractivity contribution in [3.8, 4) is 0 Å². The Morgan fingerprint density at radius 1 is 1.27 bits per heavy atom. The molecule has 5 heteroatoms. The molecular formula is C17H19N3OS. The molecule has 1 N–H and O–H groups in total. The fourth-order valence-electron chi connectivity index (χ4n) is 2.56. The lowest BCUT2D eigenvalue weighted by molar-refractivity contribution is 0.206. The van der Waals surface area contributed by atoms with Crippen LogP contribution >= 0.6 is 11.8 Å². The Morgan fingerprint density at radius 2 is 2.09 bits per heavy atom. The molecule has 2 aromatic rings. The van der Waals surface area contributed by atoms with Crippen LogP contribution in [0.4, 0.5) is 10.5 Å². The Kier molecular flexibility index (Phi) is 4.63. The van der Waals surface area contributed by atoms with E-state index in [2.05, 4.69) is 35.4 Å². The van der Waals surface area contributed by atoms with Crippen LogP contribution in [0.1, 0.15) is 18.1 Å². The number of hydrogen-bond donors (Lipinski definition) is 1. The first-order chi connectivity index (χ1) is 10.8. The van der Waals surface area contributed by atoms with Crippen LogP contribution in [-0.4, -0.2) is 28.2 Å². The van der Waals surface area contributed by atoms with Crippen LogP contribution in [0.15, 0.2) is 47.6 Å². The van der Waals surface area contributed by atoms with Crippen molar-refractivity contribution in [3.05, 3.63) is 53.7 Å². The number of amides is 2. The topological polar surface area (TPSA) is 45.2 Å². The minimum atomic E-state index is -0.0628. The van der Waals surface area contributed by atoms with Gasteiger partial charge in [-0.15, -0.1) is 11.8 Å². The minimum absolute atomic E-state index is 0.0628. The summed E-state index contributed by atoms with van der Waals surface area (Å²) in [5.41, 5.74) is 3.31. The molecule has 2 heterocycles. The number of pyridine rings is 1. The molecule has 2 amide bonds. The van der Waals surface area contributed by atoms with Gasteiger partial charge in [0.05, 0.1) is 16.9 Å². The minimum Gasteiger partial charge on any atom is -0.320 e. The Morgan fingerprint density at radius 3 is 2.82 bits per heavy atom. The highest BCUT2D eigenvalue weighted by molar-refractivity contribution is 7.99. The smallest absolute Gasteiger partial charge is 0.320 e. The molecule has 1 aliphatic rings. The summed E-state index contributed by atoms with van der Waals surface area (Å²) in [5, 5.41) is 3.91. The molecule has 1 aromatic carbocycles.